The quantitative estimate of drug-likeness (QED) is 0.156. The van der Waals surface area contributed by atoms with Crippen LogP contribution in [-0.4, -0.2) is 19.9 Å². The van der Waals surface area contributed by atoms with Gasteiger partial charge in [-0.2, -0.15) is 18.3 Å². The SMILES string of the molecule is C.C.C.C.Cc1cc(C)c(C)c(-c2cc3nc(C(C)C)sc3c[n+]2C)c1.Cc1cc(C)c(C)c(-c2cc3nc(C)sc3c[n+]2C)c1.Cc1cc(C)c(C)c(-c2cc3nc(C)sc3c[n+]2C)c1.[2H]C([2H])([2H])C([2H])(C)c1nc2cc(-c3cc(C)cc(C)c3C)[n+](C)cc2s1. The van der Waals surface area contributed by atoms with Gasteiger partial charge in [-0.15, -0.1) is 45.3 Å². The van der Waals surface area contributed by atoms with Crippen LogP contribution in [0, 0.1) is 96.9 Å². The summed E-state index contributed by atoms with van der Waals surface area (Å²) >= 11 is 6.58. The fraction of sp³-hybridized carbons (Fsp3) is 0.368. The molecule has 8 nitrogen and oxygen atoms in total. The van der Waals surface area contributed by atoms with Gasteiger partial charge in [0.1, 0.15) is 47.0 Å². The maximum atomic E-state index is 8.29. The lowest BCUT2D eigenvalue weighted by Gasteiger charge is -2.09. The van der Waals surface area contributed by atoms with E-state index in [9.17, 15) is 0 Å². The summed E-state index contributed by atoms with van der Waals surface area (Å²) in [6, 6.07) is 26.5. The van der Waals surface area contributed by atoms with Gasteiger partial charge in [0.05, 0.1) is 42.1 Å². The third-order valence-corrected chi connectivity index (χ3v) is 20.3. The number of nitrogens with zero attached hydrogens (tertiary/aromatic N) is 8. The Balaban J connectivity index is 0.000000221. The van der Waals surface area contributed by atoms with Crippen molar-refractivity contribution < 1.29 is 23.8 Å². The first-order valence-electron chi connectivity index (χ1n) is 30.7. The van der Waals surface area contributed by atoms with Gasteiger partial charge in [0.2, 0.25) is 22.8 Å². The average Bonchev–Trinajstić information content (AvgIpc) is 1.13. The van der Waals surface area contributed by atoms with E-state index in [1.54, 1.807) is 34.0 Å². The van der Waals surface area contributed by atoms with Crippen molar-refractivity contribution in [3.8, 4) is 45.0 Å². The van der Waals surface area contributed by atoms with Crippen molar-refractivity contribution in [3.63, 3.8) is 0 Å². The van der Waals surface area contributed by atoms with E-state index in [1.165, 1.54) is 138 Å². The standard InChI is InChI=1S/2C19H23N2S.2C17H19N2S.4CH4/c2*1-11(2)19-20-16-9-17(21(6)10-18(16)22-19)15-8-12(3)7-13(4)14(15)5;2*1-10-6-11(2)12(3)14(7-10)16-8-15-17(9-19(16)5)20-13(4)18-15;;;;/h2*7-11H,1-6H3;2*6-9H,1-5H3;4*1H4/q4*+1;;;;/i1D3,11D;;;;;;;. The molecule has 0 saturated heterocycles. The summed E-state index contributed by atoms with van der Waals surface area (Å²) in [6.07, 6.45) is 8.56. The van der Waals surface area contributed by atoms with Crippen molar-refractivity contribution in [3.05, 3.63) is 184 Å². The highest BCUT2D eigenvalue weighted by Crippen LogP contribution is 2.35. The molecular formula is C76H100N8S4+4. The first-order chi connectivity index (χ1) is 41.2. The molecule has 0 radical (unpaired) electrons. The Morgan fingerprint density at radius 2 is 0.602 bits per heavy atom. The molecule has 464 valence electrons. The number of fused-ring (bicyclic) bond motifs is 4. The summed E-state index contributed by atoms with van der Waals surface area (Å²) in [5.74, 6) is -1.24. The molecule has 0 aliphatic carbocycles. The van der Waals surface area contributed by atoms with Crippen molar-refractivity contribution in [1.29, 1.82) is 0 Å². The second-order valence-corrected chi connectivity index (χ2v) is 28.0. The van der Waals surface area contributed by atoms with Crippen molar-refractivity contribution in [2.75, 3.05) is 0 Å². The van der Waals surface area contributed by atoms with E-state index in [2.05, 4.69) is 246 Å². The second kappa shape index (κ2) is 29.1. The fourth-order valence-corrected chi connectivity index (χ4v) is 14.7. The molecule has 12 heteroatoms. The molecule has 0 N–H and O–H groups in total. The van der Waals surface area contributed by atoms with Gasteiger partial charge in [0.25, 0.3) is 0 Å². The highest BCUT2D eigenvalue weighted by Gasteiger charge is 2.23. The largest absolute Gasteiger partial charge is 0.241 e. The monoisotopic (exact) mass is 1260 g/mol. The van der Waals surface area contributed by atoms with Gasteiger partial charge in [-0.3, -0.25) is 0 Å². The Hall–Kier alpha value is -6.96. The van der Waals surface area contributed by atoms with Crippen LogP contribution < -0.4 is 18.3 Å². The van der Waals surface area contributed by atoms with E-state index in [4.69, 9.17) is 10.5 Å². The van der Waals surface area contributed by atoms with Crippen molar-refractivity contribution >= 4 is 86.2 Å². The molecule has 8 heterocycles. The number of rotatable bonds is 6. The molecule has 0 spiro atoms. The predicted octanol–water partition coefficient (Wildman–Crippen LogP) is 20.3. The molecule has 12 aromatic rings. The lowest BCUT2D eigenvalue weighted by molar-refractivity contribution is -0.659. The Morgan fingerprint density at radius 3 is 0.875 bits per heavy atom. The van der Waals surface area contributed by atoms with Gasteiger partial charge >= 0.3 is 0 Å². The Kier molecular flexibility index (Phi) is 21.7. The van der Waals surface area contributed by atoms with Crippen LogP contribution in [0.1, 0.15) is 161 Å². The molecule has 88 heavy (non-hydrogen) atoms. The van der Waals surface area contributed by atoms with Crippen molar-refractivity contribution in [2.24, 2.45) is 28.2 Å². The minimum absolute atomic E-state index is 0. The van der Waals surface area contributed by atoms with E-state index in [1.807, 2.05) is 23.9 Å². The summed E-state index contributed by atoms with van der Waals surface area (Å²) in [5, 5.41) is 3.77. The molecule has 0 fully saturated rings. The summed E-state index contributed by atoms with van der Waals surface area (Å²) < 4.78 is 44.6. The molecule has 8 aromatic heterocycles. The molecule has 1 atom stereocenters. The third kappa shape index (κ3) is 15.4. The smallest absolute Gasteiger partial charge is 0.214 e. The molecule has 0 aliphatic rings. The normalized spacial score (nSPS) is 12.4. The zero-order chi connectivity index (χ0) is 64.3. The molecule has 12 rings (SSSR count). The highest BCUT2D eigenvalue weighted by atomic mass is 32.1. The number of hydrogen-bond donors (Lipinski definition) is 0. The molecular weight excluding hydrogens is 1150 g/mol. The third-order valence-electron chi connectivity index (χ3n) is 16.0. The van der Waals surface area contributed by atoms with Crippen LogP contribution in [0.2, 0.25) is 0 Å². The van der Waals surface area contributed by atoms with Gasteiger partial charge in [-0.05, 0) is 166 Å². The van der Waals surface area contributed by atoms with Gasteiger partial charge in [0, 0.05) is 63.8 Å². The van der Waals surface area contributed by atoms with E-state index < -0.39 is 12.7 Å². The maximum absolute atomic E-state index is 8.29. The number of aromatic nitrogens is 8. The minimum atomic E-state index is -2.42. The molecule has 0 amide bonds. The van der Waals surface area contributed by atoms with Crippen molar-refractivity contribution in [2.45, 2.75) is 166 Å². The Labute approximate surface area is 550 Å². The van der Waals surface area contributed by atoms with Crippen LogP contribution in [0.3, 0.4) is 0 Å². The second-order valence-electron chi connectivity index (χ2n) is 23.4. The van der Waals surface area contributed by atoms with Crippen LogP contribution in [-0.2, 0) is 28.2 Å². The van der Waals surface area contributed by atoms with Crippen LogP contribution in [0.25, 0.3) is 85.9 Å². The van der Waals surface area contributed by atoms with Gasteiger partial charge in [-0.25, -0.2) is 19.9 Å². The van der Waals surface area contributed by atoms with Crippen LogP contribution in [0.5, 0.6) is 0 Å². The van der Waals surface area contributed by atoms with Gasteiger partial charge < -0.3 is 0 Å². The molecule has 0 bridgehead atoms. The van der Waals surface area contributed by atoms with Gasteiger partial charge in [-0.1, -0.05) is 104 Å². The maximum Gasteiger partial charge on any atom is 0.214 e. The zero-order valence-electron chi connectivity index (χ0n) is 57.0. The van der Waals surface area contributed by atoms with Crippen LogP contribution in [0.15, 0.2) is 97.6 Å². The Bertz CT molecular complexity index is 4540. The summed E-state index contributed by atoms with van der Waals surface area (Å²) in [5.41, 5.74) is 29.4. The van der Waals surface area contributed by atoms with Crippen LogP contribution >= 0.6 is 45.3 Å². The van der Waals surface area contributed by atoms with Crippen molar-refractivity contribution in [1.82, 2.24) is 19.9 Å². The summed E-state index contributed by atoms with van der Waals surface area (Å²) in [4.78, 5) is 18.6. The Morgan fingerprint density at radius 1 is 0.352 bits per heavy atom. The number of benzene rings is 4. The summed E-state index contributed by atoms with van der Waals surface area (Å²) in [6.45, 7) is 33.4. The predicted molar refractivity (Wildman–Crippen MR) is 386 cm³/mol. The molecule has 0 saturated carbocycles. The number of thiazole rings is 4. The topological polar surface area (TPSA) is 67.1 Å². The zero-order valence-corrected chi connectivity index (χ0v) is 56.3. The van der Waals surface area contributed by atoms with Gasteiger partial charge in [0.15, 0.2) is 24.8 Å². The summed E-state index contributed by atoms with van der Waals surface area (Å²) in [7, 11) is 8.33. The van der Waals surface area contributed by atoms with E-state index in [0.717, 1.165) is 48.0 Å². The highest BCUT2D eigenvalue weighted by molar-refractivity contribution is 7.19. The average molecular weight is 1260 g/mol. The van der Waals surface area contributed by atoms with Crippen LogP contribution in [0.4, 0.5) is 0 Å². The van der Waals surface area contributed by atoms with E-state index >= 15 is 0 Å². The van der Waals surface area contributed by atoms with E-state index in [0.29, 0.717) is 10.9 Å². The molecule has 1 unspecified atom stereocenters. The minimum Gasteiger partial charge on any atom is -0.241 e. The number of pyridine rings is 4. The molecule has 4 aromatic carbocycles. The first-order valence-corrected chi connectivity index (χ1v) is 31.9. The molecule has 0 aliphatic heterocycles. The number of aryl methyl sites for hydroxylation is 14. The lowest BCUT2D eigenvalue weighted by Crippen LogP contribution is -2.30. The van der Waals surface area contributed by atoms with E-state index in [-0.39, 0.29) is 29.7 Å². The lowest BCUT2D eigenvalue weighted by atomic mass is 9.97. The number of hydrogen-bond acceptors (Lipinski definition) is 8. The first kappa shape index (κ1) is 65.5. The fourth-order valence-electron chi connectivity index (χ4n) is 11.0.